The molecule has 0 radical (unpaired) electrons. The SMILES string of the molecule is COc1c(F)c(F)cc2sc(C(C)(C)NC(=O)Nc3ccc4c(c3)C(=O)N(C3CCC(=O)NC3=O)C4=O)nc12. The molecule has 1 unspecified atom stereocenters. The van der Waals surface area contributed by atoms with Gasteiger partial charge in [0.1, 0.15) is 16.6 Å². The second-order valence-electron chi connectivity index (χ2n) is 9.48. The molecule has 6 amide bonds. The molecule has 1 saturated heterocycles. The van der Waals surface area contributed by atoms with E-state index < -0.39 is 52.9 Å². The summed E-state index contributed by atoms with van der Waals surface area (Å²) in [6.07, 6.45) is 0.0214. The van der Waals surface area contributed by atoms with Crippen LogP contribution in [-0.4, -0.2) is 52.7 Å². The van der Waals surface area contributed by atoms with Crippen molar-refractivity contribution in [3.05, 3.63) is 52.0 Å². The van der Waals surface area contributed by atoms with E-state index >= 15 is 0 Å². The van der Waals surface area contributed by atoms with Gasteiger partial charge in [0.2, 0.25) is 17.6 Å². The molecule has 2 aliphatic heterocycles. The highest BCUT2D eigenvalue weighted by molar-refractivity contribution is 7.18. The number of benzene rings is 2. The Morgan fingerprint density at radius 3 is 2.56 bits per heavy atom. The molecule has 2 aromatic carbocycles. The first-order valence-electron chi connectivity index (χ1n) is 11.7. The van der Waals surface area contributed by atoms with Crippen molar-refractivity contribution >= 4 is 56.9 Å². The number of rotatable bonds is 5. The van der Waals surface area contributed by atoms with E-state index in [0.717, 1.165) is 22.3 Å². The van der Waals surface area contributed by atoms with Crippen molar-refractivity contribution in [1.29, 1.82) is 0 Å². The number of anilines is 1. The Morgan fingerprint density at radius 1 is 1.15 bits per heavy atom. The molecule has 2 aliphatic rings. The monoisotopic (exact) mass is 557 g/mol. The zero-order chi connectivity index (χ0) is 28.2. The van der Waals surface area contributed by atoms with Gasteiger partial charge in [0.05, 0.1) is 28.5 Å². The number of aromatic nitrogens is 1. The van der Waals surface area contributed by atoms with Crippen molar-refractivity contribution < 1.29 is 37.5 Å². The van der Waals surface area contributed by atoms with Crippen LogP contribution >= 0.6 is 11.3 Å². The maximum Gasteiger partial charge on any atom is 0.319 e. The van der Waals surface area contributed by atoms with E-state index in [2.05, 4.69) is 20.9 Å². The van der Waals surface area contributed by atoms with Gasteiger partial charge < -0.3 is 15.4 Å². The summed E-state index contributed by atoms with van der Waals surface area (Å²) in [5, 5.41) is 7.80. The van der Waals surface area contributed by atoms with Gasteiger partial charge in [-0.15, -0.1) is 11.3 Å². The summed E-state index contributed by atoms with van der Waals surface area (Å²) in [5.74, 6) is -5.16. The molecule has 11 nitrogen and oxygen atoms in total. The third-order valence-corrected chi connectivity index (χ3v) is 7.72. The first-order chi connectivity index (χ1) is 18.4. The molecule has 3 heterocycles. The fourth-order valence-corrected chi connectivity index (χ4v) is 5.53. The molecule has 3 aromatic rings. The highest BCUT2D eigenvalue weighted by Crippen LogP contribution is 2.37. The smallest absolute Gasteiger partial charge is 0.319 e. The second-order valence-corrected chi connectivity index (χ2v) is 10.5. The number of halogens is 2. The first-order valence-corrected chi connectivity index (χ1v) is 12.5. The Labute approximate surface area is 223 Å². The summed E-state index contributed by atoms with van der Waals surface area (Å²) >= 11 is 1.05. The number of nitrogens with one attached hydrogen (secondary N) is 3. The largest absolute Gasteiger partial charge is 0.491 e. The highest BCUT2D eigenvalue weighted by atomic mass is 32.1. The predicted octanol–water partition coefficient (Wildman–Crippen LogP) is 3.04. The number of amides is 6. The van der Waals surface area contributed by atoms with Crippen molar-refractivity contribution in [3.63, 3.8) is 0 Å². The van der Waals surface area contributed by atoms with Crippen LogP contribution in [-0.2, 0) is 15.1 Å². The van der Waals surface area contributed by atoms with Gasteiger partial charge in [-0.3, -0.25) is 29.4 Å². The number of carbonyl (C=O) groups is 5. The molecule has 0 saturated carbocycles. The Bertz CT molecular complexity index is 1600. The average molecular weight is 558 g/mol. The summed E-state index contributed by atoms with van der Waals surface area (Å²) in [6, 6.07) is 3.34. The van der Waals surface area contributed by atoms with Gasteiger partial charge >= 0.3 is 6.03 Å². The summed E-state index contributed by atoms with van der Waals surface area (Å²) < 4.78 is 33.3. The second kappa shape index (κ2) is 9.38. The van der Waals surface area contributed by atoms with Crippen LogP contribution in [0.3, 0.4) is 0 Å². The van der Waals surface area contributed by atoms with Gasteiger partial charge in [0.15, 0.2) is 11.6 Å². The first kappa shape index (κ1) is 26.2. The lowest BCUT2D eigenvalue weighted by Gasteiger charge is -2.27. The molecule has 0 aliphatic carbocycles. The van der Waals surface area contributed by atoms with Gasteiger partial charge in [0, 0.05) is 12.1 Å². The number of carbonyl (C=O) groups excluding carboxylic acids is 5. The maximum atomic E-state index is 14.1. The van der Waals surface area contributed by atoms with Crippen molar-refractivity contribution in [1.82, 2.24) is 20.5 Å². The number of methoxy groups -OCH3 is 1. The molecule has 3 N–H and O–H groups in total. The number of hydrogen-bond acceptors (Lipinski definition) is 8. The number of urea groups is 1. The van der Waals surface area contributed by atoms with Crippen LogP contribution in [0, 0.1) is 11.6 Å². The zero-order valence-electron chi connectivity index (χ0n) is 20.8. The number of ether oxygens (including phenoxy) is 1. The van der Waals surface area contributed by atoms with E-state index in [1.807, 2.05) is 0 Å². The molecule has 0 spiro atoms. The van der Waals surface area contributed by atoms with Crippen LogP contribution in [0.4, 0.5) is 19.3 Å². The minimum absolute atomic E-state index is 0.00209. The van der Waals surface area contributed by atoms with Crippen molar-refractivity contribution in [2.75, 3.05) is 12.4 Å². The molecule has 1 atom stereocenters. The summed E-state index contributed by atoms with van der Waals surface area (Å²) in [4.78, 5) is 67.6. The lowest BCUT2D eigenvalue weighted by Crippen LogP contribution is -2.54. The van der Waals surface area contributed by atoms with E-state index in [4.69, 9.17) is 4.74 Å². The fourth-order valence-electron chi connectivity index (χ4n) is 4.49. The van der Waals surface area contributed by atoms with Crippen LogP contribution in [0.15, 0.2) is 24.3 Å². The lowest BCUT2D eigenvalue weighted by molar-refractivity contribution is -0.136. The number of piperidine rings is 1. The van der Waals surface area contributed by atoms with Crippen LogP contribution in [0.1, 0.15) is 52.4 Å². The molecule has 1 fully saturated rings. The molecular formula is C25H21F2N5O6S. The van der Waals surface area contributed by atoms with Gasteiger partial charge in [-0.05, 0) is 44.5 Å². The Kier molecular flexibility index (Phi) is 6.29. The molecular weight excluding hydrogens is 536 g/mol. The summed E-state index contributed by atoms with van der Waals surface area (Å²) in [6.45, 7) is 3.29. The normalized spacial score (nSPS) is 17.4. The van der Waals surface area contributed by atoms with Crippen LogP contribution < -0.4 is 20.7 Å². The van der Waals surface area contributed by atoms with Crippen LogP contribution in [0.2, 0.25) is 0 Å². The van der Waals surface area contributed by atoms with Crippen LogP contribution in [0.5, 0.6) is 5.75 Å². The van der Waals surface area contributed by atoms with E-state index in [0.29, 0.717) is 9.71 Å². The molecule has 14 heteroatoms. The molecule has 39 heavy (non-hydrogen) atoms. The third-order valence-electron chi connectivity index (χ3n) is 6.40. The predicted molar refractivity (Wildman–Crippen MR) is 134 cm³/mol. The number of imide groups is 2. The number of nitrogens with zero attached hydrogens (tertiary/aromatic N) is 2. The summed E-state index contributed by atoms with van der Waals surface area (Å²) in [5.41, 5.74) is -0.697. The third kappa shape index (κ3) is 4.46. The van der Waals surface area contributed by atoms with Gasteiger partial charge in [-0.2, -0.15) is 4.39 Å². The lowest BCUT2D eigenvalue weighted by atomic mass is 10.0. The Hall–Kier alpha value is -4.46. The minimum atomic E-state index is -1.16. The standard InChI is InChI=1S/C25H21F2N5O6S/c1-25(2,23-30-18-15(39-23)9-13(26)17(27)19(18)38-3)31-24(37)28-10-4-5-11-12(8-10)22(36)32(21(11)35)14-6-7-16(33)29-20(14)34/h4-5,8-9,14H,6-7H2,1-3H3,(H2,28,31,37)(H,29,33,34). The zero-order valence-corrected chi connectivity index (χ0v) is 21.6. The van der Waals surface area contributed by atoms with E-state index in [9.17, 15) is 32.8 Å². The van der Waals surface area contributed by atoms with E-state index in [1.165, 1.54) is 25.3 Å². The fraction of sp³-hybridized carbons (Fsp3) is 0.280. The molecule has 202 valence electrons. The Morgan fingerprint density at radius 2 is 1.87 bits per heavy atom. The quantitative estimate of drug-likeness (QED) is 0.409. The maximum absolute atomic E-state index is 14.1. The number of hydrogen-bond donors (Lipinski definition) is 3. The average Bonchev–Trinajstić information content (AvgIpc) is 3.39. The topological polar surface area (TPSA) is 147 Å². The summed E-state index contributed by atoms with van der Waals surface area (Å²) in [7, 11) is 1.20. The Balaban J connectivity index is 1.33. The van der Waals surface area contributed by atoms with Crippen molar-refractivity contribution in [2.45, 2.75) is 38.3 Å². The van der Waals surface area contributed by atoms with Crippen molar-refractivity contribution in [2.24, 2.45) is 0 Å². The number of thiazole rings is 1. The van der Waals surface area contributed by atoms with Gasteiger partial charge in [0.25, 0.3) is 11.8 Å². The minimum Gasteiger partial charge on any atom is -0.491 e. The van der Waals surface area contributed by atoms with Crippen molar-refractivity contribution in [3.8, 4) is 5.75 Å². The number of fused-ring (bicyclic) bond motifs is 2. The van der Waals surface area contributed by atoms with E-state index in [1.54, 1.807) is 13.8 Å². The van der Waals surface area contributed by atoms with Gasteiger partial charge in [-0.1, -0.05) is 0 Å². The van der Waals surface area contributed by atoms with E-state index in [-0.39, 0.29) is 40.9 Å². The highest BCUT2D eigenvalue weighted by Gasteiger charge is 2.44. The molecule has 1 aromatic heterocycles. The van der Waals surface area contributed by atoms with Gasteiger partial charge in [-0.25, -0.2) is 14.2 Å². The molecule has 0 bridgehead atoms. The molecule has 5 rings (SSSR count). The van der Waals surface area contributed by atoms with Crippen LogP contribution in [0.25, 0.3) is 10.2 Å².